The van der Waals surface area contributed by atoms with Crippen molar-refractivity contribution < 1.29 is 4.74 Å². The summed E-state index contributed by atoms with van der Waals surface area (Å²) >= 11 is 0. The topological polar surface area (TPSA) is 9.23 Å². The van der Waals surface area contributed by atoms with Gasteiger partial charge in [0.2, 0.25) is 0 Å². The van der Waals surface area contributed by atoms with E-state index in [2.05, 4.69) is 20.1 Å². The molecule has 1 nitrogen and oxygen atoms in total. The van der Waals surface area contributed by atoms with Crippen LogP contribution in [0.5, 0.6) is 0 Å². The molecule has 2 aliphatic rings. The second-order valence-electron chi connectivity index (χ2n) is 4.46. The van der Waals surface area contributed by atoms with Gasteiger partial charge in [-0.3, -0.25) is 0 Å². The lowest BCUT2D eigenvalue weighted by Gasteiger charge is -2.30. The minimum atomic E-state index is 0.0328. The van der Waals surface area contributed by atoms with Gasteiger partial charge < -0.3 is 4.74 Å². The van der Waals surface area contributed by atoms with Crippen molar-refractivity contribution in [2.75, 3.05) is 0 Å². The molecule has 72 valence electrons. The molecule has 0 radical (unpaired) electrons. The van der Waals surface area contributed by atoms with Crippen molar-refractivity contribution in [3.05, 3.63) is 25.0 Å². The van der Waals surface area contributed by atoms with Gasteiger partial charge in [0.05, 0.1) is 5.76 Å². The molecule has 0 aromatic carbocycles. The summed E-state index contributed by atoms with van der Waals surface area (Å²) in [6.45, 7) is 10.1. The molecule has 1 heterocycles. The molecule has 1 aliphatic heterocycles. The van der Waals surface area contributed by atoms with Crippen molar-refractivity contribution in [3.63, 3.8) is 0 Å². The van der Waals surface area contributed by atoms with Gasteiger partial charge in [0.25, 0.3) is 0 Å². The van der Waals surface area contributed by atoms with Crippen LogP contribution in [0.4, 0.5) is 0 Å². The molecule has 0 bridgehead atoms. The predicted octanol–water partition coefficient (Wildman–Crippen LogP) is 3.28. The summed E-state index contributed by atoms with van der Waals surface area (Å²) in [6, 6.07) is 0. The first-order valence-electron chi connectivity index (χ1n) is 5.18. The van der Waals surface area contributed by atoms with Gasteiger partial charge in [-0.1, -0.05) is 19.1 Å². The van der Waals surface area contributed by atoms with Crippen molar-refractivity contribution in [1.82, 2.24) is 0 Å². The minimum Gasteiger partial charge on any atom is -0.494 e. The highest BCUT2D eigenvalue weighted by atomic mass is 16.5. The molecular weight excluding hydrogens is 160 g/mol. The Balaban J connectivity index is 2.28. The first kappa shape index (κ1) is 8.86. The van der Waals surface area contributed by atoms with Crippen LogP contribution in [0.2, 0.25) is 0 Å². The fraction of sp³-hybridized carbons (Fsp3) is 0.667. The van der Waals surface area contributed by atoms with E-state index >= 15 is 0 Å². The highest BCUT2D eigenvalue weighted by molar-refractivity contribution is 5.20. The zero-order valence-corrected chi connectivity index (χ0v) is 8.38. The third kappa shape index (κ3) is 1.13. The Morgan fingerprint density at radius 3 is 2.85 bits per heavy atom. The van der Waals surface area contributed by atoms with Crippen LogP contribution in [0, 0.1) is 11.3 Å². The highest BCUT2D eigenvalue weighted by Crippen LogP contribution is 2.51. The molecule has 0 aromatic heterocycles. The molecule has 13 heavy (non-hydrogen) atoms. The van der Waals surface area contributed by atoms with E-state index in [1.165, 1.54) is 25.7 Å². The molecule has 2 rings (SSSR count). The maximum atomic E-state index is 5.81. The van der Waals surface area contributed by atoms with Crippen molar-refractivity contribution >= 4 is 0 Å². The Hall–Kier alpha value is -0.720. The van der Waals surface area contributed by atoms with Crippen molar-refractivity contribution in [1.29, 1.82) is 0 Å². The fourth-order valence-corrected chi connectivity index (χ4v) is 2.71. The lowest BCUT2D eigenvalue weighted by atomic mass is 9.70. The summed E-state index contributed by atoms with van der Waals surface area (Å²) in [5.74, 6) is 1.56. The van der Waals surface area contributed by atoms with E-state index < -0.39 is 0 Å². The van der Waals surface area contributed by atoms with Crippen LogP contribution < -0.4 is 0 Å². The summed E-state index contributed by atoms with van der Waals surface area (Å²) in [5, 5.41) is 0. The number of hydrogen-bond acceptors (Lipinski definition) is 1. The quantitative estimate of drug-likeness (QED) is 0.560. The van der Waals surface area contributed by atoms with E-state index in [-0.39, 0.29) is 5.41 Å². The lowest BCUT2D eigenvalue weighted by Crippen LogP contribution is -2.29. The number of hydrogen-bond donors (Lipinski definition) is 0. The zero-order chi connectivity index (χ0) is 9.47. The maximum Gasteiger partial charge on any atom is 0.102 e. The summed E-state index contributed by atoms with van der Waals surface area (Å²) < 4.78 is 5.81. The molecule has 1 saturated heterocycles. The maximum absolute atomic E-state index is 5.81. The predicted molar refractivity (Wildman–Crippen MR) is 54.3 cm³/mol. The number of ether oxygens (including phenoxy) is 1. The van der Waals surface area contributed by atoms with Crippen LogP contribution in [0.25, 0.3) is 0 Å². The molecule has 0 spiro atoms. The van der Waals surface area contributed by atoms with E-state index in [1.54, 1.807) is 0 Å². The van der Waals surface area contributed by atoms with E-state index in [0.717, 1.165) is 5.76 Å². The summed E-state index contributed by atoms with van der Waals surface area (Å²) in [7, 11) is 0. The second-order valence-corrected chi connectivity index (χ2v) is 4.46. The van der Waals surface area contributed by atoms with Crippen LogP contribution in [-0.2, 0) is 4.74 Å². The summed E-state index contributed by atoms with van der Waals surface area (Å²) in [6.07, 6.45) is 7.55. The minimum absolute atomic E-state index is 0.0328. The number of rotatable bonds is 1. The Morgan fingerprint density at radius 2 is 2.15 bits per heavy atom. The smallest absolute Gasteiger partial charge is 0.102 e. The van der Waals surface area contributed by atoms with Crippen molar-refractivity contribution in [3.8, 4) is 0 Å². The largest absolute Gasteiger partial charge is 0.494 e. The van der Waals surface area contributed by atoms with E-state index in [4.69, 9.17) is 4.74 Å². The summed E-state index contributed by atoms with van der Waals surface area (Å²) in [5.41, 5.74) is 0.0328. The Kier molecular flexibility index (Phi) is 1.98. The van der Waals surface area contributed by atoms with Crippen molar-refractivity contribution in [2.45, 2.75) is 38.7 Å². The molecule has 0 amide bonds. The van der Waals surface area contributed by atoms with Crippen LogP contribution in [-0.4, -0.2) is 6.10 Å². The molecule has 1 aliphatic carbocycles. The first-order valence-corrected chi connectivity index (χ1v) is 5.18. The second kappa shape index (κ2) is 2.90. The van der Waals surface area contributed by atoms with E-state index in [1.807, 2.05) is 6.08 Å². The normalized spacial score (nSPS) is 43.9. The van der Waals surface area contributed by atoms with Gasteiger partial charge in [-0.05, 0) is 26.2 Å². The first-order chi connectivity index (χ1) is 6.18. The molecule has 1 heteroatoms. The van der Waals surface area contributed by atoms with E-state index in [9.17, 15) is 0 Å². The SMILES string of the molecule is C=CC1(C)C(=C)OC2CCCCC21. The summed E-state index contributed by atoms with van der Waals surface area (Å²) in [4.78, 5) is 0. The van der Waals surface area contributed by atoms with Gasteiger partial charge in [0, 0.05) is 11.3 Å². The van der Waals surface area contributed by atoms with Gasteiger partial charge >= 0.3 is 0 Å². The average Bonchev–Trinajstić information content (AvgIpc) is 2.41. The van der Waals surface area contributed by atoms with Gasteiger partial charge in [-0.2, -0.15) is 0 Å². The molecule has 2 fully saturated rings. The van der Waals surface area contributed by atoms with Crippen LogP contribution in [0.1, 0.15) is 32.6 Å². The number of allylic oxidation sites excluding steroid dienone is 1. The Labute approximate surface area is 80.5 Å². The Bertz CT molecular complexity index is 244. The third-order valence-electron chi connectivity index (χ3n) is 3.79. The standard InChI is InChI=1S/C12H18O/c1-4-12(3)9(2)13-11-8-6-5-7-10(11)12/h4,10-11H,1-2,5-8H2,3H3. The lowest BCUT2D eigenvalue weighted by molar-refractivity contribution is 0.0945. The van der Waals surface area contributed by atoms with E-state index in [0.29, 0.717) is 12.0 Å². The monoisotopic (exact) mass is 178 g/mol. The molecule has 0 N–H and O–H groups in total. The fourth-order valence-electron chi connectivity index (χ4n) is 2.71. The molecule has 3 unspecified atom stereocenters. The van der Waals surface area contributed by atoms with Crippen LogP contribution in [0.15, 0.2) is 25.0 Å². The van der Waals surface area contributed by atoms with Crippen molar-refractivity contribution in [2.24, 2.45) is 11.3 Å². The molecule has 3 atom stereocenters. The van der Waals surface area contributed by atoms with Gasteiger partial charge in [0.15, 0.2) is 0 Å². The molecule has 1 saturated carbocycles. The van der Waals surface area contributed by atoms with Crippen LogP contribution >= 0.6 is 0 Å². The van der Waals surface area contributed by atoms with Crippen LogP contribution in [0.3, 0.4) is 0 Å². The van der Waals surface area contributed by atoms with Gasteiger partial charge in [-0.15, -0.1) is 6.58 Å². The van der Waals surface area contributed by atoms with Gasteiger partial charge in [-0.25, -0.2) is 0 Å². The third-order valence-corrected chi connectivity index (χ3v) is 3.79. The Morgan fingerprint density at radius 1 is 1.46 bits per heavy atom. The average molecular weight is 178 g/mol. The molecular formula is C12H18O. The highest BCUT2D eigenvalue weighted by Gasteiger charge is 2.48. The molecule has 0 aromatic rings. The van der Waals surface area contributed by atoms with Gasteiger partial charge in [0.1, 0.15) is 6.10 Å². The zero-order valence-electron chi connectivity index (χ0n) is 8.38. The number of fused-ring (bicyclic) bond motifs is 1.